The molecule has 96 valence electrons. The van der Waals surface area contributed by atoms with Gasteiger partial charge in [0.2, 0.25) is 0 Å². The summed E-state index contributed by atoms with van der Waals surface area (Å²) >= 11 is 3.21. The van der Waals surface area contributed by atoms with Crippen LogP contribution in [0.3, 0.4) is 0 Å². The third-order valence-electron chi connectivity index (χ3n) is 2.33. The molecular formula is C13H19BrFNO. The van der Waals surface area contributed by atoms with Crippen molar-refractivity contribution in [1.82, 2.24) is 5.32 Å². The fraction of sp³-hybridized carbons (Fsp3) is 0.538. The second-order valence-corrected chi connectivity index (χ2v) is 4.80. The summed E-state index contributed by atoms with van der Waals surface area (Å²) in [6.07, 6.45) is 3.14. The average molecular weight is 304 g/mol. The summed E-state index contributed by atoms with van der Waals surface area (Å²) < 4.78 is 19.5. The van der Waals surface area contributed by atoms with Crippen LogP contribution >= 0.6 is 15.9 Å². The molecule has 2 nitrogen and oxygen atoms in total. The van der Waals surface area contributed by atoms with Crippen molar-refractivity contribution in [1.29, 1.82) is 0 Å². The number of hydrogen-bond acceptors (Lipinski definition) is 2. The van der Waals surface area contributed by atoms with Crippen molar-refractivity contribution in [3.8, 4) is 5.75 Å². The van der Waals surface area contributed by atoms with Crippen LogP contribution in [0, 0.1) is 5.82 Å². The molecule has 0 spiro atoms. The normalized spacial score (nSPS) is 10.5. The van der Waals surface area contributed by atoms with E-state index in [9.17, 15) is 4.39 Å². The molecule has 0 bridgehead atoms. The predicted octanol–water partition coefficient (Wildman–Crippen LogP) is 3.75. The smallest absolute Gasteiger partial charge is 0.166 e. The van der Waals surface area contributed by atoms with Crippen molar-refractivity contribution < 1.29 is 9.13 Å². The van der Waals surface area contributed by atoms with E-state index in [1.807, 2.05) is 0 Å². The molecule has 0 amide bonds. The summed E-state index contributed by atoms with van der Waals surface area (Å²) in [4.78, 5) is 0. The Morgan fingerprint density at radius 3 is 2.82 bits per heavy atom. The molecule has 17 heavy (non-hydrogen) atoms. The molecule has 0 aliphatic carbocycles. The van der Waals surface area contributed by atoms with Crippen molar-refractivity contribution in [3.05, 3.63) is 28.5 Å². The van der Waals surface area contributed by atoms with Crippen LogP contribution in [0.25, 0.3) is 0 Å². The van der Waals surface area contributed by atoms with Crippen molar-refractivity contribution >= 4 is 15.9 Å². The van der Waals surface area contributed by atoms with Gasteiger partial charge in [-0.05, 0) is 50.6 Å². The number of hydrogen-bond donors (Lipinski definition) is 1. The van der Waals surface area contributed by atoms with Crippen LogP contribution in [0.5, 0.6) is 5.75 Å². The van der Waals surface area contributed by atoms with Gasteiger partial charge in [-0.25, -0.2) is 4.39 Å². The molecule has 0 saturated heterocycles. The van der Waals surface area contributed by atoms with Crippen molar-refractivity contribution in [3.63, 3.8) is 0 Å². The monoisotopic (exact) mass is 303 g/mol. The highest BCUT2D eigenvalue weighted by atomic mass is 79.9. The van der Waals surface area contributed by atoms with Gasteiger partial charge in [-0.2, -0.15) is 0 Å². The van der Waals surface area contributed by atoms with Gasteiger partial charge >= 0.3 is 0 Å². The molecule has 4 heteroatoms. The molecule has 1 aromatic rings. The summed E-state index contributed by atoms with van der Waals surface area (Å²) in [5, 5.41) is 3.32. The highest BCUT2D eigenvalue weighted by Crippen LogP contribution is 2.21. The fourth-order valence-electron chi connectivity index (χ4n) is 1.43. The topological polar surface area (TPSA) is 21.3 Å². The number of unbranched alkanes of at least 4 members (excludes halogenated alkanes) is 1. The summed E-state index contributed by atoms with van der Waals surface area (Å²) in [6, 6.07) is 4.84. The van der Waals surface area contributed by atoms with Crippen LogP contribution in [0.2, 0.25) is 0 Å². The van der Waals surface area contributed by atoms with E-state index in [0.717, 1.165) is 36.8 Å². The third-order valence-corrected chi connectivity index (χ3v) is 2.82. The van der Waals surface area contributed by atoms with E-state index in [4.69, 9.17) is 4.74 Å². The highest BCUT2D eigenvalue weighted by Gasteiger charge is 2.02. The Hall–Kier alpha value is -0.610. The molecule has 0 unspecified atom stereocenters. The maximum Gasteiger partial charge on any atom is 0.166 e. The minimum Gasteiger partial charge on any atom is -0.491 e. The van der Waals surface area contributed by atoms with Crippen molar-refractivity contribution in [2.24, 2.45) is 0 Å². The molecule has 0 atom stereocenters. The lowest BCUT2D eigenvalue weighted by Crippen LogP contribution is -2.16. The summed E-state index contributed by atoms with van der Waals surface area (Å²) in [6.45, 7) is 4.76. The van der Waals surface area contributed by atoms with Gasteiger partial charge in [0.05, 0.1) is 6.61 Å². The van der Waals surface area contributed by atoms with E-state index < -0.39 is 0 Å². The lowest BCUT2D eigenvalue weighted by atomic mass is 10.3. The molecule has 1 rings (SSSR count). The Bertz CT molecular complexity index is 333. The molecule has 0 aliphatic heterocycles. The molecule has 0 heterocycles. The van der Waals surface area contributed by atoms with Crippen LogP contribution in [-0.2, 0) is 0 Å². The number of ether oxygens (including phenoxy) is 1. The first-order chi connectivity index (χ1) is 8.24. The number of benzene rings is 1. The second-order valence-electron chi connectivity index (χ2n) is 3.88. The van der Waals surface area contributed by atoms with Gasteiger partial charge in [-0.1, -0.05) is 22.9 Å². The van der Waals surface area contributed by atoms with E-state index in [1.54, 1.807) is 12.1 Å². The maximum absolute atomic E-state index is 13.4. The minimum atomic E-state index is -0.316. The summed E-state index contributed by atoms with van der Waals surface area (Å²) in [5.41, 5.74) is 0. The van der Waals surface area contributed by atoms with Crippen LogP contribution in [-0.4, -0.2) is 19.7 Å². The Morgan fingerprint density at radius 2 is 2.12 bits per heavy atom. The summed E-state index contributed by atoms with van der Waals surface area (Å²) in [7, 11) is 0. The van der Waals surface area contributed by atoms with Crippen LogP contribution in [0.4, 0.5) is 4.39 Å². The van der Waals surface area contributed by atoms with E-state index in [0.29, 0.717) is 12.4 Å². The zero-order chi connectivity index (χ0) is 12.5. The Kier molecular flexibility index (Phi) is 7.21. The average Bonchev–Trinajstić information content (AvgIpc) is 2.30. The SMILES string of the molecule is CCCNCCCCOc1ccc(Br)cc1F. The zero-order valence-corrected chi connectivity index (χ0v) is 11.7. The Morgan fingerprint density at radius 1 is 1.29 bits per heavy atom. The fourth-order valence-corrected chi connectivity index (χ4v) is 1.76. The molecule has 0 fully saturated rings. The first-order valence-electron chi connectivity index (χ1n) is 6.02. The molecule has 0 radical (unpaired) electrons. The zero-order valence-electron chi connectivity index (χ0n) is 10.1. The van der Waals surface area contributed by atoms with E-state index in [1.165, 1.54) is 6.07 Å². The van der Waals surface area contributed by atoms with Crippen LogP contribution in [0.1, 0.15) is 26.2 Å². The first-order valence-corrected chi connectivity index (χ1v) is 6.82. The molecule has 0 aromatic heterocycles. The largest absolute Gasteiger partial charge is 0.491 e. The van der Waals surface area contributed by atoms with Crippen LogP contribution in [0.15, 0.2) is 22.7 Å². The van der Waals surface area contributed by atoms with Gasteiger partial charge in [0, 0.05) is 4.47 Å². The van der Waals surface area contributed by atoms with Crippen LogP contribution < -0.4 is 10.1 Å². The predicted molar refractivity (Wildman–Crippen MR) is 72.0 cm³/mol. The van der Waals surface area contributed by atoms with Gasteiger partial charge in [0.25, 0.3) is 0 Å². The van der Waals surface area contributed by atoms with Gasteiger partial charge in [0.1, 0.15) is 0 Å². The summed E-state index contributed by atoms with van der Waals surface area (Å²) in [5.74, 6) is 0.0122. The van der Waals surface area contributed by atoms with Crippen molar-refractivity contribution in [2.45, 2.75) is 26.2 Å². The second kappa shape index (κ2) is 8.48. The van der Waals surface area contributed by atoms with E-state index in [2.05, 4.69) is 28.2 Å². The molecule has 1 aromatic carbocycles. The number of halogens is 2. The van der Waals surface area contributed by atoms with Gasteiger partial charge in [-0.15, -0.1) is 0 Å². The third kappa shape index (κ3) is 6.03. The molecule has 1 N–H and O–H groups in total. The van der Waals surface area contributed by atoms with Gasteiger partial charge in [-0.3, -0.25) is 0 Å². The quantitative estimate of drug-likeness (QED) is 0.739. The van der Waals surface area contributed by atoms with Gasteiger partial charge in [0.15, 0.2) is 11.6 Å². The first kappa shape index (κ1) is 14.5. The van der Waals surface area contributed by atoms with Gasteiger partial charge < -0.3 is 10.1 Å². The standard InChI is InChI=1S/C13H19BrFNO/c1-2-7-16-8-3-4-9-17-13-6-5-11(14)10-12(13)15/h5-6,10,16H,2-4,7-9H2,1H3. The van der Waals surface area contributed by atoms with E-state index in [-0.39, 0.29) is 5.82 Å². The molecule has 0 aliphatic rings. The van der Waals surface area contributed by atoms with E-state index >= 15 is 0 Å². The Balaban J connectivity index is 2.14. The lowest BCUT2D eigenvalue weighted by molar-refractivity contribution is 0.291. The maximum atomic E-state index is 13.4. The lowest BCUT2D eigenvalue weighted by Gasteiger charge is -2.07. The number of rotatable bonds is 8. The Labute approximate surface area is 111 Å². The molecule has 0 saturated carbocycles. The minimum absolute atomic E-state index is 0.316. The highest BCUT2D eigenvalue weighted by molar-refractivity contribution is 9.10. The number of nitrogens with one attached hydrogen (secondary N) is 1. The van der Waals surface area contributed by atoms with Crippen molar-refractivity contribution in [2.75, 3.05) is 19.7 Å². The molecular weight excluding hydrogens is 285 g/mol.